The van der Waals surface area contributed by atoms with Crippen LogP contribution in [0.25, 0.3) is 10.9 Å². The lowest BCUT2D eigenvalue weighted by Crippen LogP contribution is -2.54. The lowest BCUT2D eigenvalue weighted by atomic mass is 10.0. The molecular formula is C28H29Cl2N3O7. The average Bonchev–Trinajstić information content (AvgIpc) is 3.14. The maximum atomic E-state index is 13.3. The summed E-state index contributed by atoms with van der Waals surface area (Å²) in [6.07, 6.45) is -0.768. The van der Waals surface area contributed by atoms with Crippen LogP contribution in [0.1, 0.15) is 46.7 Å². The molecule has 0 aliphatic rings. The van der Waals surface area contributed by atoms with Crippen LogP contribution in [0.15, 0.2) is 42.5 Å². The zero-order valence-corrected chi connectivity index (χ0v) is 23.8. The van der Waals surface area contributed by atoms with E-state index in [1.807, 2.05) is 24.3 Å². The number of para-hydroxylation sites is 1. The molecule has 40 heavy (non-hydrogen) atoms. The molecule has 0 saturated heterocycles. The van der Waals surface area contributed by atoms with Gasteiger partial charge >= 0.3 is 11.9 Å². The van der Waals surface area contributed by atoms with Crippen molar-refractivity contribution >= 4 is 63.6 Å². The molecule has 0 saturated carbocycles. The highest BCUT2D eigenvalue weighted by molar-refractivity contribution is 6.39. The molecule has 2 aromatic carbocycles. The van der Waals surface area contributed by atoms with Crippen LogP contribution in [0.3, 0.4) is 0 Å². The summed E-state index contributed by atoms with van der Waals surface area (Å²) in [5.74, 6) is -4.90. The van der Waals surface area contributed by atoms with Crippen molar-refractivity contribution in [3.05, 3.63) is 69.3 Å². The van der Waals surface area contributed by atoms with Gasteiger partial charge in [-0.05, 0) is 36.6 Å². The van der Waals surface area contributed by atoms with Gasteiger partial charge in [0, 0.05) is 18.0 Å². The minimum absolute atomic E-state index is 0.0113. The monoisotopic (exact) mass is 589 g/mol. The number of aryl methyl sites for hydroxylation is 2. The molecule has 0 aliphatic heterocycles. The van der Waals surface area contributed by atoms with Crippen LogP contribution in [-0.4, -0.2) is 57.9 Å². The summed E-state index contributed by atoms with van der Waals surface area (Å²) < 4.78 is 6.73. The van der Waals surface area contributed by atoms with Crippen LogP contribution in [0.4, 0.5) is 0 Å². The van der Waals surface area contributed by atoms with Gasteiger partial charge in [0.25, 0.3) is 5.91 Å². The first-order chi connectivity index (χ1) is 18.8. The zero-order chi connectivity index (χ0) is 29.7. The highest BCUT2D eigenvalue weighted by atomic mass is 35.5. The molecule has 3 N–H and O–H groups in total. The highest BCUT2D eigenvalue weighted by Gasteiger charge is 2.32. The number of nitrogens with one attached hydrogen (secondary N) is 2. The zero-order valence-electron chi connectivity index (χ0n) is 22.3. The van der Waals surface area contributed by atoms with Gasteiger partial charge in [0.1, 0.15) is 17.8 Å². The molecule has 0 bridgehead atoms. The van der Waals surface area contributed by atoms with E-state index in [2.05, 4.69) is 10.6 Å². The van der Waals surface area contributed by atoms with E-state index in [-0.39, 0.29) is 15.6 Å². The first-order valence-electron chi connectivity index (χ1n) is 12.3. The summed E-state index contributed by atoms with van der Waals surface area (Å²) in [7, 11) is 1.74. The molecule has 2 atom stereocenters. The fourth-order valence-corrected chi connectivity index (χ4v) is 4.89. The van der Waals surface area contributed by atoms with Crippen LogP contribution in [0.5, 0.6) is 0 Å². The lowest BCUT2D eigenvalue weighted by Gasteiger charge is -2.25. The fraction of sp³-hybridized carbons (Fsp3) is 0.321. The SMILES string of the molecule is Cc1c(C(=O)NC(C(=O)NC(CC(=O)O)C(=O)COC(=O)c2c(Cl)cccc2Cl)C(C)C)n(C)c2ccccc12. The summed E-state index contributed by atoms with van der Waals surface area (Å²) in [6.45, 7) is 4.36. The van der Waals surface area contributed by atoms with Crippen molar-refractivity contribution in [1.29, 1.82) is 0 Å². The number of ketones is 1. The van der Waals surface area contributed by atoms with E-state index >= 15 is 0 Å². The molecule has 0 aliphatic carbocycles. The van der Waals surface area contributed by atoms with Gasteiger partial charge in [-0.1, -0.05) is 61.3 Å². The van der Waals surface area contributed by atoms with E-state index in [1.54, 1.807) is 32.4 Å². The molecule has 0 radical (unpaired) electrons. The number of nitrogens with zero attached hydrogens (tertiary/aromatic N) is 1. The number of hydrogen-bond donors (Lipinski definition) is 3. The normalized spacial score (nSPS) is 12.6. The first kappa shape index (κ1) is 30.6. The van der Waals surface area contributed by atoms with Crippen molar-refractivity contribution in [1.82, 2.24) is 15.2 Å². The van der Waals surface area contributed by atoms with E-state index in [0.29, 0.717) is 5.69 Å². The van der Waals surface area contributed by atoms with Crippen LogP contribution in [-0.2, 0) is 26.2 Å². The standard InChI is InChI=1S/C28H29Cl2N3O7/c1-14(2)24(32-27(38)25-15(3)16-8-5-6-11-20(16)33(25)4)26(37)31-19(12-22(35)36)21(34)13-40-28(39)23-17(29)9-7-10-18(23)30/h5-11,14,19,24H,12-13H2,1-4H3,(H,31,37)(H,32,38)(H,35,36). The van der Waals surface area contributed by atoms with Crippen molar-refractivity contribution in [2.45, 2.75) is 39.3 Å². The van der Waals surface area contributed by atoms with Gasteiger partial charge in [-0.2, -0.15) is 0 Å². The Balaban J connectivity index is 1.75. The van der Waals surface area contributed by atoms with Crippen LogP contribution < -0.4 is 10.6 Å². The third-order valence-corrected chi connectivity index (χ3v) is 7.04. The van der Waals surface area contributed by atoms with Gasteiger partial charge in [0.2, 0.25) is 5.91 Å². The third kappa shape index (κ3) is 6.81. The van der Waals surface area contributed by atoms with Crippen LogP contribution in [0, 0.1) is 12.8 Å². The maximum Gasteiger partial charge on any atom is 0.341 e. The number of amides is 2. The smallest absolute Gasteiger partial charge is 0.341 e. The Morgan fingerprint density at radius 2 is 1.60 bits per heavy atom. The number of rotatable bonds is 11. The van der Waals surface area contributed by atoms with Crippen molar-refractivity contribution in [2.75, 3.05) is 6.61 Å². The predicted octanol–water partition coefficient (Wildman–Crippen LogP) is 3.93. The number of carboxylic acids is 1. The minimum Gasteiger partial charge on any atom is -0.481 e. The Hall–Kier alpha value is -3.89. The van der Waals surface area contributed by atoms with Gasteiger partial charge < -0.3 is 25.0 Å². The number of carbonyl (C=O) groups excluding carboxylic acids is 4. The predicted molar refractivity (Wildman–Crippen MR) is 150 cm³/mol. The number of Topliss-reactive ketones (excluding diaryl/α,β-unsaturated/α-hetero) is 1. The van der Waals surface area contributed by atoms with E-state index in [0.717, 1.165) is 16.5 Å². The number of aromatic nitrogens is 1. The van der Waals surface area contributed by atoms with Gasteiger partial charge in [0.05, 0.1) is 22.0 Å². The molecular weight excluding hydrogens is 561 g/mol. The number of esters is 1. The Labute approximate surface area is 240 Å². The molecule has 2 unspecified atom stereocenters. The number of carbonyl (C=O) groups is 5. The third-order valence-electron chi connectivity index (χ3n) is 6.41. The Morgan fingerprint density at radius 3 is 2.17 bits per heavy atom. The molecule has 1 heterocycles. The van der Waals surface area contributed by atoms with E-state index in [1.165, 1.54) is 18.2 Å². The van der Waals surface area contributed by atoms with Gasteiger partial charge in [-0.3, -0.25) is 19.2 Å². The minimum atomic E-state index is -1.53. The molecule has 2 amide bonds. The lowest BCUT2D eigenvalue weighted by molar-refractivity contribution is -0.141. The number of aliphatic carboxylic acids is 1. The van der Waals surface area contributed by atoms with E-state index in [4.69, 9.17) is 27.9 Å². The summed E-state index contributed by atoms with van der Waals surface area (Å²) in [5.41, 5.74) is 1.79. The molecule has 1 aromatic heterocycles. The summed E-state index contributed by atoms with van der Waals surface area (Å²) in [5, 5.41) is 15.3. The maximum absolute atomic E-state index is 13.3. The fourth-order valence-electron chi connectivity index (χ4n) is 4.33. The molecule has 10 nitrogen and oxygen atoms in total. The van der Waals surface area contributed by atoms with Gasteiger partial charge in [-0.15, -0.1) is 0 Å². The van der Waals surface area contributed by atoms with Crippen molar-refractivity contribution in [3.63, 3.8) is 0 Å². The molecule has 3 aromatic rings. The highest BCUT2D eigenvalue weighted by Crippen LogP contribution is 2.26. The molecule has 3 rings (SSSR count). The number of halogens is 2. The topological polar surface area (TPSA) is 144 Å². The second kappa shape index (κ2) is 13.0. The molecule has 0 fully saturated rings. The van der Waals surface area contributed by atoms with Crippen molar-refractivity contribution in [2.24, 2.45) is 13.0 Å². The quantitative estimate of drug-likeness (QED) is 0.287. The van der Waals surface area contributed by atoms with Crippen molar-refractivity contribution in [3.8, 4) is 0 Å². The number of fused-ring (bicyclic) bond motifs is 1. The number of hydrogen-bond acceptors (Lipinski definition) is 6. The first-order valence-corrected chi connectivity index (χ1v) is 13.1. The molecule has 0 spiro atoms. The van der Waals surface area contributed by atoms with Gasteiger partial charge in [-0.25, -0.2) is 4.79 Å². The molecule has 12 heteroatoms. The summed E-state index contributed by atoms with van der Waals surface area (Å²) in [4.78, 5) is 63.2. The Bertz CT molecular complexity index is 1420. The van der Waals surface area contributed by atoms with E-state index in [9.17, 15) is 29.1 Å². The largest absolute Gasteiger partial charge is 0.481 e. The van der Waals surface area contributed by atoms with Crippen LogP contribution >= 0.6 is 23.2 Å². The number of carboxylic acid groups (broad SMARTS) is 1. The number of benzene rings is 2. The Kier molecular flexibility index (Phi) is 9.94. The second-order valence-corrected chi connectivity index (χ2v) is 10.4. The second-order valence-electron chi connectivity index (χ2n) is 9.54. The average molecular weight is 590 g/mol. The Morgan fingerprint density at radius 1 is 0.975 bits per heavy atom. The number of ether oxygens (including phenoxy) is 1. The van der Waals surface area contributed by atoms with Gasteiger partial charge in [0.15, 0.2) is 12.4 Å². The van der Waals surface area contributed by atoms with E-state index < -0.39 is 60.6 Å². The van der Waals surface area contributed by atoms with Crippen molar-refractivity contribution < 1.29 is 33.8 Å². The summed E-state index contributed by atoms with van der Waals surface area (Å²) in [6, 6.07) is 9.21. The van der Waals surface area contributed by atoms with Crippen LogP contribution in [0.2, 0.25) is 10.0 Å². The summed E-state index contributed by atoms with van der Waals surface area (Å²) >= 11 is 12.0. The molecule has 212 valence electrons.